The predicted molar refractivity (Wildman–Crippen MR) is 128 cm³/mol. The third-order valence-electron chi connectivity index (χ3n) is 8.51. The Bertz CT molecular complexity index is 1040. The molecule has 0 radical (unpaired) electrons. The molecule has 1 aliphatic heterocycles. The summed E-state index contributed by atoms with van der Waals surface area (Å²) in [5.74, 6) is 2.76. The van der Waals surface area contributed by atoms with E-state index in [0.29, 0.717) is 37.6 Å². The lowest BCUT2D eigenvalue weighted by molar-refractivity contribution is -0.159. The quantitative estimate of drug-likeness (QED) is 0.640. The molecule has 1 saturated heterocycles. The molecular weight excluding hydrogens is 432 g/mol. The second-order valence-corrected chi connectivity index (χ2v) is 11.4. The highest BCUT2D eigenvalue weighted by Crippen LogP contribution is 2.60. The number of benzene rings is 1. The number of piperazine rings is 1. The van der Waals surface area contributed by atoms with E-state index in [4.69, 9.17) is 0 Å². The molecule has 7 heteroatoms. The van der Waals surface area contributed by atoms with Crippen molar-refractivity contribution < 1.29 is 9.59 Å². The molecule has 0 unspecified atom stereocenters. The van der Waals surface area contributed by atoms with Crippen LogP contribution >= 0.6 is 11.8 Å². The molecule has 7 rings (SSSR count). The van der Waals surface area contributed by atoms with Crippen molar-refractivity contribution in [2.45, 2.75) is 43.7 Å². The number of hydrogen-bond acceptors (Lipinski definition) is 4. The molecule has 6 nitrogen and oxygen atoms in total. The smallest absolute Gasteiger partial charge is 0.254 e. The Balaban J connectivity index is 1.12. The summed E-state index contributed by atoms with van der Waals surface area (Å²) in [7, 11) is 0. The van der Waals surface area contributed by atoms with Crippen LogP contribution in [0.25, 0.3) is 5.69 Å². The van der Waals surface area contributed by atoms with Crippen molar-refractivity contribution in [3.05, 3.63) is 42.2 Å². The van der Waals surface area contributed by atoms with Crippen molar-refractivity contribution in [1.82, 2.24) is 19.4 Å². The summed E-state index contributed by atoms with van der Waals surface area (Å²) in [6, 6.07) is 7.75. The number of carbonyl (C=O) groups excluding carboxylic acids is 2. The lowest BCUT2D eigenvalue weighted by atomic mass is 9.49. The van der Waals surface area contributed by atoms with Gasteiger partial charge in [-0.15, -0.1) is 0 Å². The first kappa shape index (κ1) is 21.3. The van der Waals surface area contributed by atoms with Gasteiger partial charge >= 0.3 is 0 Å². The minimum atomic E-state index is -0.0882. The second kappa shape index (κ2) is 8.19. The normalized spacial score (nSPS) is 30.6. The van der Waals surface area contributed by atoms with Crippen LogP contribution in [-0.4, -0.2) is 63.6 Å². The molecule has 4 bridgehead atoms. The van der Waals surface area contributed by atoms with Crippen LogP contribution in [0.4, 0.5) is 0 Å². The molecule has 0 N–H and O–H groups in total. The van der Waals surface area contributed by atoms with Gasteiger partial charge in [-0.3, -0.25) is 14.2 Å². The minimum Gasteiger partial charge on any atom is -0.339 e. The SMILES string of the molecule is CSc1nccn1-c1cccc(C(=O)N2CCN(C(=O)C34CC5CC(CC(C5)C3)C4)CC2)c1. The highest BCUT2D eigenvalue weighted by Gasteiger charge is 2.55. The number of hydrogen-bond donors (Lipinski definition) is 0. The Hall–Kier alpha value is -2.28. The van der Waals surface area contributed by atoms with E-state index in [-0.39, 0.29) is 11.3 Å². The van der Waals surface area contributed by atoms with Gasteiger partial charge in [0.2, 0.25) is 5.91 Å². The van der Waals surface area contributed by atoms with Crippen LogP contribution in [0, 0.1) is 23.2 Å². The molecule has 2 aromatic rings. The summed E-state index contributed by atoms with van der Waals surface area (Å²) in [4.78, 5) is 35.3. The first-order valence-electron chi connectivity index (χ1n) is 12.3. The molecule has 1 aromatic carbocycles. The van der Waals surface area contributed by atoms with Crippen molar-refractivity contribution in [3.8, 4) is 5.69 Å². The summed E-state index contributed by atoms with van der Waals surface area (Å²) < 4.78 is 2.00. The monoisotopic (exact) mass is 464 g/mol. The van der Waals surface area contributed by atoms with Crippen molar-refractivity contribution in [2.24, 2.45) is 23.2 Å². The standard InChI is InChI=1S/C26H32N4O2S/c1-33-25-27-5-6-30(25)22-4-2-3-21(14-22)23(31)28-7-9-29(10-8-28)24(32)26-15-18-11-19(16-26)13-20(12-18)17-26/h2-6,14,18-20H,7-13,15-17H2,1H3. The van der Waals surface area contributed by atoms with Gasteiger partial charge in [-0.05, 0) is 80.7 Å². The summed E-state index contributed by atoms with van der Waals surface area (Å²) in [5.41, 5.74) is 1.54. The van der Waals surface area contributed by atoms with Crippen LogP contribution in [-0.2, 0) is 4.79 Å². The molecule has 2 amide bonds. The van der Waals surface area contributed by atoms with Gasteiger partial charge in [-0.2, -0.15) is 0 Å². The zero-order valence-corrected chi connectivity index (χ0v) is 20.1. The summed E-state index contributed by atoms with van der Waals surface area (Å²) >= 11 is 1.58. The second-order valence-electron chi connectivity index (χ2n) is 10.6. The number of rotatable bonds is 4. The number of thioether (sulfide) groups is 1. The van der Waals surface area contributed by atoms with E-state index in [1.54, 1.807) is 18.0 Å². The van der Waals surface area contributed by atoms with E-state index in [9.17, 15) is 9.59 Å². The van der Waals surface area contributed by atoms with Gasteiger partial charge in [0.25, 0.3) is 5.91 Å². The number of amides is 2. The van der Waals surface area contributed by atoms with Crippen LogP contribution in [0.1, 0.15) is 48.9 Å². The minimum absolute atomic E-state index is 0.0459. The maximum Gasteiger partial charge on any atom is 0.254 e. The lowest BCUT2D eigenvalue weighted by Crippen LogP contribution is -2.58. The summed E-state index contributed by atoms with van der Waals surface area (Å²) in [5, 5.41) is 0.899. The third-order valence-corrected chi connectivity index (χ3v) is 9.17. The maximum atomic E-state index is 13.6. The highest BCUT2D eigenvalue weighted by molar-refractivity contribution is 7.98. The van der Waals surface area contributed by atoms with Gasteiger partial charge < -0.3 is 9.80 Å². The molecule has 4 aliphatic carbocycles. The van der Waals surface area contributed by atoms with Crippen molar-refractivity contribution >= 4 is 23.6 Å². The van der Waals surface area contributed by atoms with Crippen LogP contribution in [0.3, 0.4) is 0 Å². The van der Waals surface area contributed by atoms with Gasteiger partial charge in [-0.1, -0.05) is 17.8 Å². The van der Waals surface area contributed by atoms with E-state index < -0.39 is 0 Å². The fourth-order valence-electron chi connectivity index (χ4n) is 7.43. The van der Waals surface area contributed by atoms with E-state index in [0.717, 1.165) is 47.9 Å². The maximum absolute atomic E-state index is 13.6. The molecule has 0 atom stereocenters. The van der Waals surface area contributed by atoms with E-state index >= 15 is 0 Å². The molecule has 174 valence electrons. The molecular formula is C26H32N4O2S. The van der Waals surface area contributed by atoms with Gasteiger partial charge in [0.1, 0.15) is 0 Å². The number of carbonyl (C=O) groups is 2. The largest absolute Gasteiger partial charge is 0.339 e. The van der Waals surface area contributed by atoms with Gasteiger partial charge in [0.05, 0.1) is 5.41 Å². The molecule has 0 spiro atoms. The molecule has 33 heavy (non-hydrogen) atoms. The molecule has 5 fully saturated rings. The Kier molecular flexibility index (Phi) is 5.28. The van der Waals surface area contributed by atoms with E-state index in [2.05, 4.69) is 9.88 Å². The highest BCUT2D eigenvalue weighted by atomic mass is 32.2. The predicted octanol–water partition coefficient (Wildman–Crippen LogP) is 4.10. The van der Waals surface area contributed by atoms with Gasteiger partial charge in [0, 0.05) is 49.8 Å². The average molecular weight is 465 g/mol. The van der Waals surface area contributed by atoms with Crippen molar-refractivity contribution in [2.75, 3.05) is 32.4 Å². The Labute approximate surface area is 199 Å². The van der Waals surface area contributed by atoms with Gasteiger partial charge in [0.15, 0.2) is 5.16 Å². The summed E-state index contributed by atoms with van der Waals surface area (Å²) in [6.07, 6.45) is 13.1. The lowest BCUT2D eigenvalue weighted by Gasteiger charge is -2.57. The molecule has 2 heterocycles. The topological polar surface area (TPSA) is 58.4 Å². The van der Waals surface area contributed by atoms with Crippen molar-refractivity contribution in [3.63, 3.8) is 0 Å². The van der Waals surface area contributed by atoms with E-state index in [1.165, 1.54) is 19.3 Å². The number of nitrogens with zero attached hydrogens (tertiary/aromatic N) is 4. The first-order chi connectivity index (χ1) is 16.0. The third kappa shape index (κ3) is 3.69. The fraction of sp³-hybridized carbons (Fsp3) is 0.577. The Morgan fingerprint density at radius 3 is 2.24 bits per heavy atom. The van der Waals surface area contributed by atoms with Crippen LogP contribution in [0.5, 0.6) is 0 Å². The van der Waals surface area contributed by atoms with Crippen LogP contribution in [0.15, 0.2) is 41.8 Å². The Morgan fingerprint density at radius 2 is 1.61 bits per heavy atom. The van der Waals surface area contributed by atoms with Crippen LogP contribution in [0.2, 0.25) is 0 Å². The van der Waals surface area contributed by atoms with Gasteiger partial charge in [-0.25, -0.2) is 4.98 Å². The molecule has 5 aliphatic rings. The van der Waals surface area contributed by atoms with Crippen LogP contribution < -0.4 is 0 Å². The Morgan fingerprint density at radius 1 is 0.970 bits per heavy atom. The number of aromatic nitrogens is 2. The zero-order chi connectivity index (χ0) is 22.6. The first-order valence-corrected chi connectivity index (χ1v) is 13.5. The fourth-order valence-corrected chi connectivity index (χ4v) is 7.96. The average Bonchev–Trinajstić information content (AvgIpc) is 3.31. The zero-order valence-electron chi connectivity index (χ0n) is 19.3. The van der Waals surface area contributed by atoms with E-state index in [1.807, 2.05) is 46.2 Å². The number of imidazole rings is 1. The molecule has 4 saturated carbocycles. The van der Waals surface area contributed by atoms with Crippen molar-refractivity contribution in [1.29, 1.82) is 0 Å². The molecule has 1 aromatic heterocycles. The summed E-state index contributed by atoms with van der Waals surface area (Å²) in [6.45, 7) is 2.54.